The third-order valence-corrected chi connectivity index (χ3v) is 7.80. The van der Waals surface area contributed by atoms with E-state index in [1.807, 2.05) is 13.0 Å². The Morgan fingerprint density at radius 2 is 1.85 bits per heavy atom. The Kier molecular flexibility index (Phi) is 7.67. The summed E-state index contributed by atoms with van der Waals surface area (Å²) in [6.07, 6.45) is 0.759. The van der Waals surface area contributed by atoms with E-state index in [2.05, 4.69) is 19.2 Å². The minimum atomic E-state index is -3.99. The second-order valence-electron chi connectivity index (χ2n) is 9.20. The highest BCUT2D eigenvalue weighted by Gasteiger charge is 2.51. The number of piperazine rings is 1. The van der Waals surface area contributed by atoms with E-state index in [0.29, 0.717) is 23.9 Å². The number of carbonyl (C=O) groups excluding carboxylic acids is 2. The van der Waals surface area contributed by atoms with Crippen LogP contribution in [-0.4, -0.2) is 56.8 Å². The first-order valence-electron chi connectivity index (χ1n) is 11.3. The van der Waals surface area contributed by atoms with Crippen LogP contribution in [0, 0.1) is 12.8 Å². The largest absolute Gasteiger partial charge is 0.495 e. The molecule has 0 spiro atoms. The lowest BCUT2D eigenvalue weighted by atomic mass is 9.93. The first-order chi connectivity index (χ1) is 16.0. The fraction of sp³-hybridized carbons (Fsp3) is 0.440. The molecule has 2 amide bonds. The van der Waals surface area contributed by atoms with Crippen molar-refractivity contribution in [3.05, 3.63) is 54.1 Å². The van der Waals surface area contributed by atoms with Crippen LogP contribution in [0.3, 0.4) is 0 Å². The van der Waals surface area contributed by atoms with Gasteiger partial charge in [-0.1, -0.05) is 38.1 Å². The Morgan fingerprint density at radius 1 is 1.18 bits per heavy atom. The van der Waals surface area contributed by atoms with E-state index >= 15 is 0 Å². The number of aryl methyl sites for hydroxylation is 1. The van der Waals surface area contributed by atoms with E-state index in [-0.39, 0.29) is 18.0 Å². The average Bonchev–Trinajstić information content (AvgIpc) is 2.79. The number of hydrogen-bond donors (Lipinski definition) is 1. The first-order valence-corrected chi connectivity index (χ1v) is 12.8. The molecule has 8 nitrogen and oxygen atoms in total. The van der Waals surface area contributed by atoms with Crippen LogP contribution in [0.2, 0.25) is 0 Å². The molecule has 184 valence electrons. The molecular weight excluding hydrogens is 454 g/mol. The van der Waals surface area contributed by atoms with Gasteiger partial charge in [0.05, 0.1) is 24.2 Å². The van der Waals surface area contributed by atoms with Gasteiger partial charge in [0.25, 0.3) is 0 Å². The molecule has 1 fully saturated rings. The van der Waals surface area contributed by atoms with Gasteiger partial charge < -0.3 is 10.1 Å². The molecule has 0 bridgehead atoms. The van der Waals surface area contributed by atoms with Crippen molar-refractivity contribution in [2.24, 2.45) is 5.92 Å². The van der Waals surface area contributed by atoms with E-state index in [4.69, 9.17) is 4.74 Å². The highest BCUT2D eigenvalue weighted by Crippen LogP contribution is 2.38. The lowest BCUT2D eigenvalue weighted by molar-refractivity contribution is -0.132. The maximum absolute atomic E-state index is 13.6. The smallest absolute Gasteiger partial charge is 0.247 e. The van der Waals surface area contributed by atoms with E-state index < -0.39 is 27.4 Å². The van der Waals surface area contributed by atoms with Gasteiger partial charge in [0.2, 0.25) is 21.8 Å². The number of sulfonamides is 1. The van der Waals surface area contributed by atoms with Crippen molar-refractivity contribution in [1.82, 2.24) is 9.62 Å². The Bertz CT molecular complexity index is 1150. The number of anilines is 1. The fourth-order valence-corrected chi connectivity index (χ4v) is 5.59. The minimum Gasteiger partial charge on any atom is -0.495 e. The highest BCUT2D eigenvalue weighted by molar-refractivity contribution is 7.89. The Labute approximate surface area is 201 Å². The van der Waals surface area contributed by atoms with Crippen molar-refractivity contribution in [3.8, 4) is 5.75 Å². The number of rotatable bonds is 8. The summed E-state index contributed by atoms with van der Waals surface area (Å²) in [5.41, 5.74) is -0.175. The molecule has 1 N–H and O–H groups in total. The molecule has 0 radical (unpaired) electrons. The summed E-state index contributed by atoms with van der Waals surface area (Å²) in [7, 11) is -2.49. The second-order valence-corrected chi connectivity index (χ2v) is 11.1. The third kappa shape index (κ3) is 5.10. The van der Waals surface area contributed by atoms with Gasteiger partial charge in [0.1, 0.15) is 11.3 Å². The van der Waals surface area contributed by atoms with Crippen molar-refractivity contribution in [2.75, 3.05) is 31.6 Å². The van der Waals surface area contributed by atoms with E-state index in [0.717, 1.165) is 16.3 Å². The van der Waals surface area contributed by atoms with Crippen LogP contribution in [0.25, 0.3) is 0 Å². The number of benzene rings is 2. The number of amides is 2. The van der Waals surface area contributed by atoms with Crippen LogP contribution in [0.1, 0.15) is 32.8 Å². The van der Waals surface area contributed by atoms with Crippen LogP contribution in [0.5, 0.6) is 5.75 Å². The lowest BCUT2D eigenvalue weighted by Crippen LogP contribution is -2.70. The van der Waals surface area contributed by atoms with Crippen LogP contribution in [0.4, 0.5) is 5.69 Å². The average molecular weight is 488 g/mol. The molecule has 34 heavy (non-hydrogen) atoms. The summed E-state index contributed by atoms with van der Waals surface area (Å²) in [4.78, 5) is 28.6. The van der Waals surface area contributed by atoms with Crippen LogP contribution in [0.15, 0.2) is 53.4 Å². The van der Waals surface area contributed by atoms with E-state index in [1.54, 1.807) is 37.3 Å². The quantitative estimate of drug-likeness (QED) is 0.618. The number of ether oxygens (including phenoxy) is 1. The highest BCUT2D eigenvalue weighted by atomic mass is 32.2. The molecule has 9 heteroatoms. The Hall–Kier alpha value is -2.91. The summed E-state index contributed by atoms with van der Waals surface area (Å²) in [5.74, 6) is -0.113. The molecule has 3 rings (SSSR count). The number of nitrogens with one attached hydrogen (secondary N) is 1. The van der Waals surface area contributed by atoms with Gasteiger partial charge in [-0.3, -0.25) is 14.5 Å². The zero-order chi connectivity index (χ0) is 25.1. The van der Waals surface area contributed by atoms with Gasteiger partial charge in [-0.05, 0) is 56.0 Å². The summed E-state index contributed by atoms with van der Waals surface area (Å²) < 4.78 is 33.3. The van der Waals surface area contributed by atoms with Crippen molar-refractivity contribution >= 4 is 27.5 Å². The molecule has 1 saturated heterocycles. The molecule has 2 aromatic carbocycles. The fourth-order valence-electron chi connectivity index (χ4n) is 4.09. The lowest BCUT2D eigenvalue weighted by Gasteiger charge is -2.47. The number of hydrogen-bond acceptors (Lipinski definition) is 5. The van der Waals surface area contributed by atoms with Crippen molar-refractivity contribution in [1.29, 1.82) is 0 Å². The second kappa shape index (κ2) is 10.1. The summed E-state index contributed by atoms with van der Waals surface area (Å²) in [5, 5.41) is 2.91. The van der Waals surface area contributed by atoms with Gasteiger partial charge in [-0.2, -0.15) is 4.31 Å². The maximum Gasteiger partial charge on any atom is 0.247 e. The Morgan fingerprint density at radius 3 is 2.47 bits per heavy atom. The van der Waals surface area contributed by atoms with Crippen molar-refractivity contribution in [3.63, 3.8) is 0 Å². The summed E-state index contributed by atoms with van der Waals surface area (Å²) in [6, 6.07) is 13.3. The normalized spacial score (nSPS) is 19.4. The number of carbonyl (C=O) groups is 2. The summed E-state index contributed by atoms with van der Waals surface area (Å²) in [6.45, 7) is 7.42. The van der Waals surface area contributed by atoms with Crippen molar-refractivity contribution < 1.29 is 22.7 Å². The SMILES string of the molecule is COc1ccc(C)cc1N1C(=O)CN(S(=O)(=O)c2ccccc2)CC1(C)C(=O)NCCC(C)C. The number of methoxy groups -OCH3 is 1. The zero-order valence-electron chi connectivity index (χ0n) is 20.4. The van der Waals surface area contributed by atoms with Gasteiger partial charge >= 0.3 is 0 Å². The third-order valence-electron chi connectivity index (χ3n) is 5.99. The molecule has 0 aromatic heterocycles. The predicted molar refractivity (Wildman–Crippen MR) is 131 cm³/mol. The zero-order valence-corrected chi connectivity index (χ0v) is 21.2. The monoisotopic (exact) mass is 487 g/mol. The topological polar surface area (TPSA) is 96.0 Å². The summed E-state index contributed by atoms with van der Waals surface area (Å²) >= 11 is 0. The number of nitrogens with zero attached hydrogens (tertiary/aromatic N) is 2. The molecule has 1 aliphatic heterocycles. The predicted octanol–water partition coefficient (Wildman–Crippen LogP) is 2.96. The van der Waals surface area contributed by atoms with Crippen LogP contribution < -0.4 is 15.0 Å². The molecule has 1 unspecified atom stereocenters. The van der Waals surface area contributed by atoms with Crippen LogP contribution >= 0.6 is 0 Å². The van der Waals surface area contributed by atoms with Gasteiger partial charge in [0.15, 0.2) is 0 Å². The van der Waals surface area contributed by atoms with Crippen molar-refractivity contribution in [2.45, 2.75) is 44.6 Å². The van der Waals surface area contributed by atoms with Gasteiger partial charge in [-0.15, -0.1) is 0 Å². The maximum atomic E-state index is 13.6. The van der Waals surface area contributed by atoms with Gasteiger partial charge in [-0.25, -0.2) is 8.42 Å². The molecule has 0 saturated carbocycles. The van der Waals surface area contributed by atoms with Gasteiger partial charge in [0, 0.05) is 13.1 Å². The molecular formula is C25H33N3O5S. The molecule has 1 atom stereocenters. The standard InChI is InChI=1S/C25H33N3O5S/c1-18(2)13-14-26-24(30)25(4)17-27(34(31,32)20-9-7-6-8-10-20)16-23(29)28(25)21-15-19(3)11-12-22(21)33-5/h6-12,15,18H,13-14,16-17H2,1-5H3,(H,26,30). The minimum absolute atomic E-state index is 0.0759. The molecule has 1 heterocycles. The van der Waals surface area contributed by atoms with E-state index in [1.165, 1.54) is 24.1 Å². The first kappa shape index (κ1) is 25.7. The molecule has 1 aliphatic rings. The Balaban J connectivity index is 2.07. The molecule has 2 aromatic rings. The van der Waals surface area contributed by atoms with Crippen LogP contribution in [-0.2, 0) is 19.6 Å². The van der Waals surface area contributed by atoms with E-state index in [9.17, 15) is 18.0 Å². The molecule has 0 aliphatic carbocycles.